The first-order valence-electron chi connectivity index (χ1n) is 6.17. The fourth-order valence-corrected chi connectivity index (χ4v) is 3.16. The van der Waals surface area contributed by atoms with E-state index < -0.39 is 0 Å². The second-order valence-electron chi connectivity index (χ2n) is 5.65. The van der Waals surface area contributed by atoms with E-state index >= 15 is 0 Å². The Morgan fingerprint density at radius 3 is 2.76 bits per heavy atom. The highest BCUT2D eigenvalue weighted by Gasteiger charge is 2.40. The Bertz CT molecular complexity index is 552. The summed E-state index contributed by atoms with van der Waals surface area (Å²) in [5, 5.41) is 0. The third-order valence-corrected chi connectivity index (χ3v) is 3.88. The van der Waals surface area contributed by atoms with Crippen molar-refractivity contribution in [2.75, 3.05) is 0 Å². The van der Waals surface area contributed by atoms with Gasteiger partial charge in [0.1, 0.15) is 5.82 Å². The molecule has 1 aromatic carbocycles. The lowest BCUT2D eigenvalue weighted by Crippen LogP contribution is -2.24. The molecule has 1 aromatic heterocycles. The highest BCUT2D eigenvalue weighted by molar-refractivity contribution is 5.38. The molecule has 1 atom stereocenters. The topological polar surface area (TPSA) is 17.8 Å². The molecule has 0 fully saturated rings. The minimum Gasteiger partial charge on any atom is -0.327 e. The van der Waals surface area contributed by atoms with Gasteiger partial charge in [0.15, 0.2) is 0 Å². The number of benzene rings is 1. The lowest BCUT2D eigenvalue weighted by molar-refractivity contribution is 0.276. The summed E-state index contributed by atoms with van der Waals surface area (Å²) in [6.45, 7) is 6.77. The summed E-state index contributed by atoms with van der Waals surface area (Å²) < 4.78 is 2.31. The van der Waals surface area contributed by atoms with E-state index in [9.17, 15) is 0 Å². The third kappa shape index (κ3) is 1.51. The molecule has 0 bridgehead atoms. The fraction of sp³-hybridized carbons (Fsp3) is 0.400. The van der Waals surface area contributed by atoms with Crippen molar-refractivity contribution >= 4 is 0 Å². The summed E-state index contributed by atoms with van der Waals surface area (Å²) in [6.07, 6.45) is 5.14. The van der Waals surface area contributed by atoms with E-state index in [4.69, 9.17) is 0 Å². The molecule has 2 aromatic rings. The lowest BCUT2D eigenvalue weighted by Gasteiger charge is -2.29. The molecule has 0 saturated heterocycles. The van der Waals surface area contributed by atoms with Gasteiger partial charge in [0.25, 0.3) is 0 Å². The van der Waals surface area contributed by atoms with Crippen LogP contribution in [0.2, 0.25) is 0 Å². The standard InChI is InChI=1S/C15H18N2/c1-11-16-8-9-17(11)14-13-7-5-4-6-12(13)10-15(14,2)3/h4-9,14H,10H2,1-3H3. The third-order valence-electron chi connectivity index (χ3n) is 3.88. The molecule has 3 rings (SSSR count). The van der Waals surface area contributed by atoms with Crippen molar-refractivity contribution in [3.05, 3.63) is 53.6 Å². The number of rotatable bonds is 1. The Morgan fingerprint density at radius 2 is 2.06 bits per heavy atom. The van der Waals surface area contributed by atoms with Gasteiger partial charge in [-0.3, -0.25) is 0 Å². The quantitative estimate of drug-likeness (QED) is 0.729. The van der Waals surface area contributed by atoms with E-state index in [0.29, 0.717) is 6.04 Å². The maximum Gasteiger partial charge on any atom is 0.106 e. The number of hydrogen-bond donors (Lipinski definition) is 0. The van der Waals surface area contributed by atoms with Crippen molar-refractivity contribution in [2.45, 2.75) is 33.2 Å². The first-order chi connectivity index (χ1) is 8.09. The van der Waals surface area contributed by atoms with Gasteiger partial charge in [-0.1, -0.05) is 38.1 Å². The molecule has 0 spiro atoms. The molecule has 88 valence electrons. The van der Waals surface area contributed by atoms with Crippen molar-refractivity contribution < 1.29 is 0 Å². The van der Waals surface area contributed by atoms with E-state index in [-0.39, 0.29) is 5.41 Å². The normalized spacial score (nSPS) is 21.5. The van der Waals surface area contributed by atoms with E-state index in [1.54, 1.807) is 0 Å². The Balaban J connectivity index is 2.18. The van der Waals surface area contributed by atoms with Crippen LogP contribution in [0.5, 0.6) is 0 Å². The van der Waals surface area contributed by atoms with Crippen molar-refractivity contribution in [3.8, 4) is 0 Å². The molecule has 1 aliphatic carbocycles. The molecular formula is C15H18N2. The van der Waals surface area contributed by atoms with Gasteiger partial charge in [-0.2, -0.15) is 0 Å². The molecule has 17 heavy (non-hydrogen) atoms. The summed E-state index contributed by atoms with van der Waals surface area (Å²) in [5.74, 6) is 1.10. The Labute approximate surface area is 102 Å². The molecule has 1 unspecified atom stereocenters. The maximum atomic E-state index is 4.36. The van der Waals surface area contributed by atoms with Gasteiger partial charge in [-0.25, -0.2) is 4.98 Å². The molecule has 0 N–H and O–H groups in total. The van der Waals surface area contributed by atoms with Crippen LogP contribution in [0.25, 0.3) is 0 Å². The molecule has 0 aliphatic heterocycles. The van der Waals surface area contributed by atoms with Crippen LogP contribution in [0.1, 0.15) is 36.8 Å². The van der Waals surface area contributed by atoms with Gasteiger partial charge in [-0.05, 0) is 29.9 Å². The maximum absolute atomic E-state index is 4.36. The van der Waals surface area contributed by atoms with Gasteiger partial charge >= 0.3 is 0 Å². The first-order valence-corrected chi connectivity index (χ1v) is 6.17. The Morgan fingerprint density at radius 1 is 1.29 bits per heavy atom. The fourth-order valence-electron chi connectivity index (χ4n) is 3.16. The van der Waals surface area contributed by atoms with E-state index in [0.717, 1.165) is 12.2 Å². The van der Waals surface area contributed by atoms with Crippen LogP contribution < -0.4 is 0 Å². The first kappa shape index (κ1) is 10.6. The minimum absolute atomic E-state index is 0.259. The lowest BCUT2D eigenvalue weighted by atomic mass is 9.85. The summed E-state index contributed by atoms with van der Waals surface area (Å²) in [4.78, 5) is 4.36. The average molecular weight is 226 g/mol. The summed E-state index contributed by atoms with van der Waals surface area (Å²) in [5.41, 5.74) is 3.20. The zero-order valence-electron chi connectivity index (χ0n) is 10.6. The monoisotopic (exact) mass is 226 g/mol. The van der Waals surface area contributed by atoms with E-state index in [1.807, 2.05) is 6.20 Å². The number of aromatic nitrogens is 2. The zero-order valence-corrected chi connectivity index (χ0v) is 10.6. The highest BCUT2D eigenvalue weighted by atomic mass is 15.1. The highest BCUT2D eigenvalue weighted by Crippen LogP contribution is 2.47. The summed E-state index contributed by atoms with van der Waals surface area (Å²) in [6, 6.07) is 9.20. The van der Waals surface area contributed by atoms with Gasteiger partial charge in [-0.15, -0.1) is 0 Å². The van der Waals surface area contributed by atoms with Gasteiger partial charge < -0.3 is 4.57 Å². The Hall–Kier alpha value is -1.57. The van der Waals surface area contributed by atoms with Crippen molar-refractivity contribution in [1.82, 2.24) is 9.55 Å². The minimum atomic E-state index is 0.259. The number of nitrogens with zero attached hydrogens (tertiary/aromatic N) is 2. The van der Waals surface area contributed by atoms with Gasteiger partial charge in [0.05, 0.1) is 6.04 Å². The molecule has 0 amide bonds. The smallest absolute Gasteiger partial charge is 0.106 e. The average Bonchev–Trinajstić information content (AvgIpc) is 2.77. The SMILES string of the molecule is Cc1nccn1C1c2ccccc2CC1(C)C. The van der Waals surface area contributed by atoms with Crippen molar-refractivity contribution in [1.29, 1.82) is 0 Å². The predicted molar refractivity (Wildman–Crippen MR) is 69.0 cm³/mol. The van der Waals surface area contributed by atoms with E-state index in [2.05, 4.69) is 60.8 Å². The van der Waals surface area contributed by atoms with E-state index in [1.165, 1.54) is 11.1 Å². The molecule has 1 heterocycles. The molecule has 2 heteroatoms. The predicted octanol–water partition coefficient (Wildman–Crippen LogP) is 3.36. The van der Waals surface area contributed by atoms with Crippen LogP contribution in [0.3, 0.4) is 0 Å². The Kier molecular flexibility index (Phi) is 2.15. The zero-order chi connectivity index (χ0) is 12.0. The molecule has 0 saturated carbocycles. The van der Waals surface area contributed by atoms with Gasteiger partial charge in [0, 0.05) is 12.4 Å². The molecule has 2 nitrogen and oxygen atoms in total. The summed E-state index contributed by atoms with van der Waals surface area (Å²) >= 11 is 0. The van der Waals surface area contributed by atoms with Crippen LogP contribution in [0, 0.1) is 12.3 Å². The van der Waals surface area contributed by atoms with Crippen LogP contribution >= 0.6 is 0 Å². The van der Waals surface area contributed by atoms with Crippen LogP contribution in [0.4, 0.5) is 0 Å². The van der Waals surface area contributed by atoms with Gasteiger partial charge in [0.2, 0.25) is 0 Å². The second kappa shape index (κ2) is 3.46. The van der Waals surface area contributed by atoms with Crippen molar-refractivity contribution in [3.63, 3.8) is 0 Å². The molecule has 0 radical (unpaired) electrons. The number of hydrogen-bond acceptors (Lipinski definition) is 1. The van der Waals surface area contributed by atoms with Crippen molar-refractivity contribution in [2.24, 2.45) is 5.41 Å². The number of fused-ring (bicyclic) bond motifs is 1. The molecule has 1 aliphatic rings. The van der Waals surface area contributed by atoms with Crippen LogP contribution in [-0.2, 0) is 6.42 Å². The second-order valence-corrected chi connectivity index (χ2v) is 5.65. The largest absolute Gasteiger partial charge is 0.327 e. The van der Waals surface area contributed by atoms with Crippen LogP contribution in [-0.4, -0.2) is 9.55 Å². The number of imidazole rings is 1. The van der Waals surface area contributed by atoms with Crippen LogP contribution in [0.15, 0.2) is 36.7 Å². The molecular weight excluding hydrogens is 208 g/mol. The number of aryl methyl sites for hydroxylation is 1. The summed E-state index contributed by atoms with van der Waals surface area (Å²) in [7, 11) is 0.